The molecule has 148 valence electrons. The number of sulfonamides is 1. The summed E-state index contributed by atoms with van der Waals surface area (Å²) in [5, 5.41) is 8.80. The first kappa shape index (κ1) is 20.6. The Morgan fingerprint density at radius 2 is 1.68 bits per heavy atom. The minimum absolute atomic E-state index is 0.0791. The van der Waals surface area contributed by atoms with Gasteiger partial charge in [0, 0.05) is 5.56 Å². The molecular formula is C16H9Cl2F4N3O2S. The Morgan fingerprint density at radius 3 is 2.25 bits per heavy atom. The van der Waals surface area contributed by atoms with Crippen molar-refractivity contribution < 1.29 is 26.0 Å². The molecule has 0 saturated carbocycles. The highest BCUT2D eigenvalue weighted by molar-refractivity contribution is 7.89. The van der Waals surface area contributed by atoms with Crippen LogP contribution in [0.3, 0.4) is 0 Å². The second-order valence-electron chi connectivity index (χ2n) is 5.57. The van der Waals surface area contributed by atoms with Crippen LogP contribution in [-0.4, -0.2) is 18.2 Å². The lowest BCUT2D eigenvalue weighted by Gasteiger charge is -2.11. The second-order valence-corrected chi connectivity index (χ2v) is 7.92. The predicted molar refractivity (Wildman–Crippen MR) is 95.3 cm³/mol. The molecule has 28 heavy (non-hydrogen) atoms. The minimum atomic E-state index is -4.53. The molecule has 2 aromatic carbocycles. The van der Waals surface area contributed by atoms with E-state index in [0.29, 0.717) is 12.1 Å². The van der Waals surface area contributed by atoms with E-state index in [0.717, 1.165) is 10.7 Å². The summed E-state index contributed by atoms with van der Waals surface area (Å²) in [5.74, 6) is -2.55. The van der Waals surface area contributed by atoms with Gasteiger partial charge in [-0.3, -0.25) is 0 Å². The van der Waals surface area contributed by atoms with Crippen LogP contribution in [0.15, 0.2) is 41.3 Å². The lowest BCUT2D eigenvalue weighted by Crippen LogP contribution is -2.15. The molecule has 0 fully saturated rings. The van der Waals surface area contributed by atoms with Gasteiger partial charge in [0.05, 0.1) is 21.4 Å². The number of primary sulfonamides is 1. The summed E-state index contributed by atoms with van der Waals surface area (Å²) < 4.78 is 78.6. The molecule has 0 unspecified atom stereocenters. The van der Waals surface area contributed by atoms with E-state index in [9.17, 15) is 26.0 Å². The maximum atomic E-state index is 14.5. The van der Waals surface area contributed by atoms with Gasteiger partial charge in [0.1, 0.15) is 22.2 Å². The molecule has 1 heterocycles. The summed E-state index contributed by atoms with van der Waals surface area (Å²) in [6.07, 6.45) is -3.00. The summed E-state index contributed by atoms with van der Waals surface area (Å²) in [7, 11) is -4.53. The van der Waals surface area contributed by atoms with Crippen LogP contribution in [0.1, 0.15) is 12.1 Å². The van der Waals surface area contributed by atoms with Crippen LogP contribution in [0.2, 0.25) is 10.0 Å². The zero-order valence-corrected chi connectivity index (χ0v) is 15.8. The van der Waals surface area contributed by atoms with Crippen LogP contribution in [0, 0.1) is 11.6 Å². The molecule has 2 N–H and O–H groups in total. The van der Waals surface area contributed by atoms with Crippen molar-refractivity contribution in [3.8, 4) is 16.9 Å². The fourth-order valence-corrected chi connectivity index (χ4v) is 3.35. The molecular weight excluding hydrogens is 445 g/mol. The fraction of sp³-hybridized carbons (Fsp3) is 0.0625. The Hall–Kier alpha value is -2.14. The van der Waals surface area contributed by atoms with E-state index >= 15 is 0 Å². The van der Waals surface area contributed by atoms with E-state index in [4.69, 9.17) is 28.3 Å². The number of rotatable bonds is 4. The van der Waals surface area contributed by atoms with Gasteiger partial charge in [-0.25, -0.2) is 35.8 Å². The molecule has 0 aliphatic heterocycles. The largest absolute Gasteiger partial charge is 0.282 e. The number of aromatic nitrogens is 2. The molecule has 3 aromatic rings. The number of nitrogens with zero attached hydrogens (tertiary/aromatic N) is 2. The van der Waals surface area contributed by atoms with E-state index < -0.39 is 44.2 Å². The highest BCUT2D eigenvalue weighted by Gasteiger charge is 2.24. The van der Waals surface area contributed by atoms with Gasteiger partial charge in [-0.05, 0) is 36.4 Å². The van der Waals surface area contributed by atoms with Gasteiger partial charge in [0.15, 0.2) is 0 Å². The van der Waals surface area contributed by atoms with Gasteiger partial charge in [-0.15, -0.1) is 0 Å². The van der Waals surface area contributed by atoms with Crippen molar-refractivity contribution in [3.05, 3.63) is 63.8 Å². The summed E-state index contributed by atoms with van der Waals surface area (Å²) in [5.41, 5.74) is -1.33. The second kappa shape index (κ2) is 7.36. The first-order valence-corrected chi connectivity index (χ1v) is 9.65. The highest BCUT2D eigenvalue weighted by atomic mass is 35.5. The van der Waals surface area contributed by atoms with Gasteiger partial charge < -0.3 is 0 Å². The van der Waals surface area contributed by atoms with Gasteiger partial charge in [0.25, 0.3) is 6.43 Å². The van der Waals surface area contributed by atoms with E-state index in [1.807, 2.05) is 0 Å². The minimum Gasteiger partial charge on any atom is -0.232 e. The lowest BCUT2D eigenvalue weighted by atomic mass is 10.1. The third kappa shape index (κ3) is 3.86. The van der Waals surface area contributed by atoms with Gasteiger partial charge in [0.2, 0.25) is 10.0 Å². The number of halogens is 6. The Labute approximate surface area is 166 Å². The Morgan fingerprint density at radius 1 is 1.00 bits per heavy atom. The van der Waals surface area contributed by atoms with Crippen molar-refractivity contribution in [2.75, 3.05) is 0 Å². The van der Waals surface area contributed by atoms with Gasteiger partial charge in [-0.1, -0.05) is 23.2 Å². The molecule has 0 bridgehead atoms. The summed E-state index contributed by atoms with van der Waals surface area (Å²) in [6.45, 7) is 0. The highest BCUT2D eigenvalue weighted by Crippen LogP contribution is 2.33. The number of nitrogens with two attached hydrogens (primary N) is 1. The molecule has 0 aliphatic rings. The summed E-state index contributed by atoms with van der Waals surface area (Å²) in [6, 6.07) is 5.80. The van der Waals surface area contributed by atoms with Crippen LogP contribution in [0.25, 0.3) is 16.9 Å². The van der Waals surface area contributed by atoms with E-state index in [1.54, 1.807) is 0 Å². The average molecular weight is 454 g/mol. The van der Waals surface area contributed by atoms with E-state index in [2.05, 4.69) is 5.10 Å². The van der Waals surface area contributed by atoms with Gasteiger partial charge in [-0.2, -0.15) is 5.10 Å². The topological polar surface area (TPSA) is 78.0 Å². The maximum Gasteiger partial charge on any atom is 0.282 e. The van der Waals surface area contributed by atoms with E-state index in [1.165, 1.54) is 18.2 Å². The van der Waals surface area contributed by atoms with Crippen LogP contribution < -0.4 is 5.14 Å². The number of benzene rings is 2. The first-order chi connectivity index (χ1) is 13.0. The molecule has 0 radical (unpaired) electrons. The molecule has 0 aliphatic carbocycles. The number of hydrogen-bond acceptors (Lipinski definition) is 3. The number of alkyl halides is 2. The zero-order valence-electron chi connectivity index (χ0n) is 13.5. The van der Waals surface area contributed by atoms with Crippen LogP contribution in [0.5, 0.6) is 0 Å². The van der Waals surface area contributed by atoms with Crippen molar-refractivity contribution in [1.82, 2.24) is 9.78 Å². The molecule has 5 nitrogen and oxygen atoms in total. The summed E-state index contributed by atoms with van der Waals surface area (Å²) in [4.78, 5) is -1.07. The Kier molecular flexibility index (Phi) is 5.41. The van der Waals surface area contributed by atoms with Gasteiger partial charge >= 0.3 is 0 Å². The molecule has 3 rings (SSSR count). The lowest BCUT2D eigenvalue weighted by molar-refractivity contribution is 0.145. The molecule has 0 amide bonds. The fourth-order valence-electron chi connectivity index (χ4n) is 2.45. The molecule has 12 heteroatoms. The van der Waals surface area contributed by atoms with Crippen molar-refractivity contribution >= 4 is 33.2 Å². The quantitative estimate of drug-likeness (QED) is 0.581. The smallest absolute Gasteiger partial charge is 0.232 e. The SMILES string of the molecule is NS(=O)(=O)c1cc(F)c(-c2cc(C(F)F)nn2-c2ccc(Cl)c(Cl)c2)cc1F. The monoisotopic (exact) mass is 453 g/mol. The van der Waals surface area contributed by atoms with Crippen molar-refractivity contribution in [1.29, 1.82) is 0 Å². The van der Waals surface area contributed by atoms with E-state index in [-0.39, 0.29) is 21.4 Å². The third-order valence-corrected chi connectivity index (χ3v) is 5.37. The summed E-state index contributed by atoms with van der Waals surface area (Å²) >= 11 is 11.7. The van der Waals surface area contributed by atoms with Crippen molar-refractivity contribution in [2.45, 2.75) is 11.3 Å². The zero-order chi connectivity index (χ0) is 20.8. The first-order valence-electron chi connectivity index (χ1n) is 7.35. The molecule has 0 spiro atoms. The van der Waals surface area contributed by atoms with Crippen LogP contribution >= 0.6 is 23.2 Å². The molecule has 0 atom stereocenters. The van der Waals surface area contributed by atoms with Crippen LogP contribution in [-0.2, 0) is 10.0 Å². The standard InChI is InChI=1S/C16H9Cl2F4N3O2S/c17-9-2-1-7(3-10(9)18)25-14(6-13(24-25)16(21)22)8-4-12(20)15(5-11(8)19)28(23,26)27/h1-6,16H,(H2,23,26,27). The number of hydrogen-bond donors (Lipinski definition) is 1. The third-order valence-electron chi connectivity index (χ3n) is 3.70. The predicted octanol–water partition coefficient (Wildman–Crippen LogP) is 4.71. The normalized spacial score (nSPS) is 12.0. The van der Waals surface area contributed by atoms with Crippen molar-refractivity contribution in [2.24, 2.45) is 5.14 Å². The Bertz CT molecular complexity index is 1180. The Balaban J connectivity index is 2.27. The molecule has 0 saturated heterocycles. The van der Waals surface area contributed by atoms with Crippen LogP contribution in [0.4, 0.5) is 17.6 Å². The average Bonchev–Trinajstić information content (AvgIpc) is 3.03. The molecule has 1 aromatic heterocycles. The van der Waals surface area contributed by atoms with Crippen molar-refractivity contribution in [3.63, 3.8) is 0 Å². The maximum absolute atomic E-state index is 14.5.